The Morgan fingerprint density at radius 3 is 2.75 bits per heavy atom. The van der Waals surface area contributed by atoms with E-state index >= 15 is 0 Å². The summed E-state index contributed by atoms with van der Waals surface area (Å²) in [4.78, 5) is 4.36. The summed E-state index contributed by atoms with van der Waals surface area (Å²) < 4.78 is 0. The van der Waals surface area contributed by atoms with Gasteiger partial charge in [-0.05, 0) is 33.7 Å². The topological polar surface area (TPSA) is 24.4 Å². The Balaban J connectivity index is 2.50. The molecule has 0 spiro atoms. The van der Waals surface area contributed by atoms with Crippen LogP contribution in [0.25, 0.3) is 0 Å². The second-order valence-corrected chi connectivity index (χ2v) is 3.90. The first-order chi connectivity index (χ1) is 5.64. The second kappa shape index (κ2) is 3.85. The molecule has 1 aliphatic heterocycles. The van der Waals surface area contributed by atoms with Crippen molar-refractivity contribution in [2.24, 2.45) is 4.99 Å². The number of hydrogen-bond donors (Lipinski definition) is 1. The predicted octanol–water partition coefficient (Wildman–Crippen LogP) is 2.12. The van der Waals surface area contributed by atoms with Crippen LogP contribution in [0.1, 0.15) is 33.1 Å². The Morgan fingerprint density at radius 2 is 2.25 bits per heavy atom. The summed E-state index contributed by atoms with van der Waals surface area (Å²) in [6.45, 7) is 4.38. The van der Waals surface area contributed by atoms with Crippen LogP contribution >= 0.6 is 0 Å². The molecule has 0 aromatic carbocycles. The van der Waals surface area contributed by atoms with Crippen LogP contribution < -0.4 is 5.32 Å². The van der Waals surface area contributed by atoms with Crippen molar-refractivity contribution < 1.29 is 0 Å². The van der Waals surface area contributed by atoms with Gasteiger partial charge in [-0.2, -0.15) is 0 Å². The van der Waals surface area contributed by atoms with Gasteiger partial charge in [0.2, 0.25) is 0 Å². The van der Waals surface area contributed by atoms with Gasteiger partial charge in [-0.3, -0.25) is 4.99 Å². The van der Waals surface area contributed by atoms with Gasteiger partial charge in [-0.15, -0.1) is 0 Å². The molecule has 0 atom stereocenters. The van der Waals surface area contributed by atoms with Crippen molar-refractivity contribution >= 4 is 6.21 Å². The zero-order valence-corrected chi connectivity index (χ0v) is 8.22. The minimum absolute atomic E-state index is 0.167. The van der Waals surface area contributed by atoms with Crippen LogP contribution in [0.4, 0.5) is 0 Å². The smallest absolute Gasteiger partial charge is 0.0378 e. The van der Waals surface area contributed by atoms with Gasteiger partial charge in [0.15, 0.2) is 0 Å². The number of nitrogens with zero attached hydrogens (tertiary/aromatic N) is 1. The molecule has 2 heteroatoms. The number of rotatable bonds is 3. The van der Waals surface area contributed by atoms with Gasteiger partial charge in [0, 0.05) is 23.9 Å². The van der Waals surface area contributed by atoms with Gasteiger partial charge in [-0.25, -0.2) is 0 Å². The second-order valence-electron chi connectivity index (χ2n) is 3.90. The summed E-state index contributed by atoms with van der Waals surface area (Å²) in [5.41, 5.74) is 1.39. The molecule has 1 rings (SSSR count). The third-order valence-corrected chi connectivity index (χ3v) is 2.23. The van der Waals surface area contributed by atoms with Crippen LogP contribution in [-0.4, -0.2) is 18.8 Å². The van der Waals surface area contributed by atoms with Gasteiger partial charge in [0.25, 0.3) is 0 Å². The summed E-state index contributed by atoms with van der Waals surface area (Å²) >= 11 is 0. The zero-order valence-electron chi connectivity index (χ0n) is 8.22. The maximum absolute atomic E-state index is 4.36. The van der Waals surface area contributed by atoms with E-state index in [1.54, 1.807) is 0 Å². The average molecular weight is 166 g/mol. The first-order valence-electron chi connectivity index (χ1n) is 4.54. The molecule has 12 heavy (non-hydrogen) atoms. The summed E-state index contributed by atoms with van der Waals surface area (Å²) in [7, 11) is 1.99. The SMILES string of the molecule is CNC(C)(C)CC1=CCCC=N1. The fourth-order valence-corrected chi connectivity index (χ4v) is 1.22. The molecule has 0 bridgehead atoms. The van der Waals surface area contributed by atoms with Gasteiger partial charge < -0.3 is 5.32 Å². The van der Waals surface area contributed by atoms with E-state index in [0.717, 1.165) is 19.3 Å². The highest BCUT2D eigenvalue weighted by Gasteiger charge is 2.16. The monoisotopic (exact) mass is 166 g/mol. The van der Waals surface area contributed by atoms with E-state index in [1.807, 2.05) is 13.3 Å². The fraction of sp³-hybridized carbons (Fsp3) is 0.700. The van der Waals surface area contributed by atoms with Crippen molar-refractivity contribution in [1.29, 1.82) is 0 Å². The van der Waals surface area contributed by atoms with Gasteiger partial charge in [0.05, 0.1) is 0 Å². The molecular formula is C10H18N2. The van der Waals surface area contributed by atoms with Crippen LogP contribution in [0.3, 0.4) is 0 Å². The lowest BCUT2D eigenvalue weighted by atomic mass is 9.97. The lowest BCUT2D eigenvalue weighted by Gasteiger charge is -2.24. The fourth-order valence-electron chi connectivity index (χ4n) is 1.22. The van der Waals surface area contributed by atoms with Crippen LogP contribution in [0.2, 0.25) is 0 Å². The van der Waals surface area contributed by atoms with E-state index < -0.39 is 0 Å². The third kappa shape index (κ3) is 2.78. The first-order valence-corrected chi connectivity index (χ1v) is 4.54. The van der Waals surface area contributed by atoms with Crippen molar-refractivity contribution in [3.8, 4) is 0 Å². The zero-order chi connectivity index (χ0) is 9.03. The summed E-state index contributed by atoms with van der Waals surface area (Å²) in [5.74, 6) is 0. The molecule has 1 heterocycles. The minimum atomic E-state index is 0.167. The van der Waals surface area contributed by atoms with Crippen LogP contribution in [0.5, 0.6) is 0 Å². The van der Waals surface area contributed by atoms with Gasteiger partial charge in [-0.1, -0.05) is 6.08 Å². The molecular weight excluding hydrogens is 148 g/mol. The molecule has 0 amide bonds. The Labute approximate surface area is 74.8 Å². The highest BCUT2D eigenvalue weighted by molar-refractivity contribution is 5.60. The Kier molecular flexibility index (Phi) is 3.04. The molecule has 0 aromatic rings. The van der Waals surface area contributed by atoms with Crippen LogP contribution in [0.15, 0.2) is 16.8 Å². The molecule has 1 N–H and O–H groups in total. The standard InChI is InChI=1S/C10H18N2/c1-10(2,11-3)8-9-6-4-5-7-12-9/h6-7,11H,4-5,8H2,1-3H3. The maximum atomic E-state index is 4.36. The third-order valence-electron chi connectivity index (χ3n) is 2.23. The first kappa shape index (κ1) is 9.46. The normalized spacial score (nSPS) is 17.8. The van der Waals surface area contributed by atoms with Crippen molar-refractivity contribution in [2.45, 2.75) is 38.6 Å². The van der Waals surface area contributed by atoms with E-state index in [1.165, 1.54) is 5.70 Å². The molecule has 0 aliphatic carbocycles. The summed E-state index contributed by atoms with van der Waals surface area (Å²) in [6.07, 6.45) is 7.52. The maximum Gasteiger partial charge on any atom is 0.0378 e. The molecule has 1 aliphatic rings. The van der Waals surface area contributed by atoms with Crippen molar-refractivity contribution in [2.75, 3.05) is 7.05 Å². The molecule has 0 saturated carbocycles. The molecule has 0 radical (unpaired) electrons. The highest BCUT2D eigenvalue weighted by Crippen LogP contribution is 2.18. The van der Waals surface area contributed by atoms with Crippen LogP contribution in [-0.2, 0) is 0 Å². The molecule has 0 unspecified atom stereocenters. The minimum Gasteiger partial charge on any atom is -0.314 e. The highest BCUT2D eigenvalue weighted by atomic mass is 14.9. The van der Waals surface area contributed by atoms with Crippen molar-refractivity contribution in [3.05, 3.63) is 11.8 Å². The Morgan fingerprint density at radius 1 is 1.50 bits per heavy atom. The van der Waals surface area contributed by atoms with E-state index in [4.69, 9.17) is 0 Å². The number of hydrogen-bond acceptors (Lipinski definition) is 2. The Hall–Kier alpha value is -0.630. The van der Waals surface area contributed by atoms with Crippen LogP contribution in [0, 0.1) is 0 Å². The van der Waals surface area contributed by atoms with Crippen molar-refractivity contribution in [1.82, 2.24) is 5.32 Å². The lowest BCUT2D eigenvalue weighted by molar-refractivity contribution is 0.418. The average Bonchev–Trinajstić information content (AvgIpc) is 2.06. The molecule has 68 valence electrons. The number of allylic oxidation sites excluding steroid dienone is 1. The van der Waals surface area contributed by atoms with Crippen molar-refractivity contribution in [3.63, 3.8) is 0 Å². The van der Waals surface area contributed by atoms with Gasteiger partial charge in [0.1, 0.15) is 0 Å². The van der Waals surface area contributed by atoms with E-state index in [2.05, 4.69) is 30.2 Å². The lowest BCUT2D eigenvalue weighted by Crippen LogP contribution is -2.36. The number of aliphatic imine (C=N–C) groups is 1. The molecule has 0 saturated heterocycles. The Bertz CT molecular complexity index is 202. The number of nitrogens with one attached hydrogen (secondary N) is 1. The quantitative estimate of drug-likeness (QED) is 0.682. The van der Waals surface area contributed by atoms with E-state index in [0.29, 0.717) is 0 Å². The largest absolute Gasteiger partial charge is 0.314 e. The summed E-state index contributed by atoms with van der Waals surface area (Å²) in [5, 5.41) is 3.27. The molecule has 2 nitrogen and oxygen atoms in total. The van der Waals surface area contributed by atoms with Gasteiger partial charge >= 0.3 is 0 Å². The van der Waals surface area contributed by atoms with E-state index in [-0.39, 0.29) is 5.54 Å². The summed E-state index contributed by atoms with van der Waals surface area (Å²) in [6, 6.07) is 0. The molecule has 0 aromatic heterocycles. The molecule has 0 fully saturated rings. The predicted molar refractivity (Wildman–Crippen MR) is 53.6 cm³/mol. The van der Waals surface area contributed by atoms with E-state index in [9.17, 15) is 0 Å².